The number of carbonyl (C=O) groups is 1. The maximum absolute atomic E-state index is 11.8. The minimum absolute atomic E-state index is 0.0340. The second-order valence-electron chi connectivity index (χ2n) is 7.72. The van der Waals surface area contributed by atoms with E-state index >= 15 is 0 Å². The molecule has 0 heterocycles. The fourth-order valence-corrected chi connectivity index (χ4v) is 3.70. The van der Waals surface area contributed by atoms with Gasteiger partial charge in [-0.3, -0.25) is 14.7 Å². The van der Waals surface area contributed by atoms with E-state index in [-0.39, 0.29) is 11.9 Å². The number of hydrogen-bond donors (Lipinski definition) is 2. The number of nitrogens with zero attached hydrogens (tertiary/aromatic N) is 2. The van der Waals surface area contributed by atoms with Gasteiger partial charge in [0.1, 0.15) is 0 Å². The van der Waals surface area contributed by atoms with Gasteiger partial charge >= 0.3 is 5.97 Å². The molecule has 0 aromatic heterocycles. The second-order valence-corrected chi connectivity index (χ2v) is 7.72. The highest BCUT2D eigenvalue weighted by Gasteiger charge is 2.27. The fraction of sp³-hybridized carbons (Fsp3) is 0.900. The molecule has 1 aliphatic carbocycles. The molecule has 2 N–H and O–H groups in total. The number of guanidine groups is 1. The van der Waals surface area contributed by atoms with Crippen LogP contribution in [0.25, 0.3) is 0 Å². The monoisotopic (exact) mass is 368 g/mol. The number of nitrogens with one attached hydrogen (secondary N) is 2. The third kappa shape index (κ3) is 7.94. The first-order valence-electron chi connectivity index (χ1n) is 10.3. The van der Waals surface area contributed by atoms with Gasteiger partial charge in [-0.1, -0.05) is 0 Å². The van der Waals surface area contributed by atoms with Crippen molar-refractivity contribution in [1.82, 2.24) is 15.5 Å². The highest BCUT2D eigenvalue weighted by molar-refractivity contribution is 5.80. The van der Waals surface area contributed by atoms with E-state index in [0.717, 1.165) is 51.2 Å². The van der Waals surface area contributed by atoms with Crippen molar-refractivity contribution in [3.05, 3.63) is 0 Å². The van der Waals surface area contributed by atoms with Gasteiger partial charge in [-0.25, -0.2) is 0 Å². The van der Waals surface area contributed by atoms with Gasteiger partial charge in [-0.05, 0) is 66.7 Å². The summed E-state index contributed by atoms with van der Waals surface area (Å²) in [6.45, 7) is 13.3. The predicted octanol–water partition coefficient (Wildman–Crippen LogP) is 2.78. The predicted molar refractivity (Wildman–Crippen MR) is 108 cm³/mol. The van der Waals surface area contributed by atoms with Crippen molar-refractivity contribution in [2.75, 3.05) is 26.7 Å². The third-order valence-corrected chi connectivity index (χ3v) is 5.12. The quantitative estimate of drug-likeness (QED) is 0.283. The second kappa shape index (κ2) is 12.2. The molecule has 152 valence electrons. The lowest BCUT2D eigenvalue weighted by Crippen LogP contribution is -2.46. The Labute approximate surface area is 160 Å². The molecule has 0 radical (unpaired) electrons. The number of aliphatic imine (C=N–C) groups is 1. The van der Waals surface area contributed by atoms with Gasteiger partial charge in [0, 0.05) is 38.3 Å². The van der Waals surface area contributed by atoms with Crippen molar-refractivity contribution >= 4 is 11.9 Å². The summed E-state index contributed by atoms with van der Waals surface area (Å²) in [5.41, 5.74) is 0. The zero-order valence-corrected chi connectivity index (χ0v) is 17.7. The summed E-state index contributed by atoms with van der Waals surface area (Å²) in [5, 5.41) is 6.93. The molecule has 1 saturated carbocycles. The van der Waals surface area contributed by atoms with Crippen molar-refractivity contribution in [3.8, 4) is 0 Å². The van der Waals surface area contributed by atoms with E-state index in [1.165, 1.54) is 0 Å². The van der Waals surface area contributed by atoms with Gasteiger partial charge in [-0.2, -0.15) is 0 Å². The van der Waals surface area contributed by atoms with Crippen molar-refractivity contribution in [2.45, 2.75) is 84.8 Å². The van der Waals surface area contributed by atoms with Gasteiger partial charge in [-0.15, -0.1) is 0 Å². The molecule has 0 saturated heterocycles. The fourth-order valence-electron chi connectivity index (χ4n) is 3.70. The first-order valence-corrected chi connectivity index (χ1v) is 10.3. The van der Waals surface area contributed by atoms with Gasteiger partial charge in [0.25, 0.3) is 0 Å². The topological polar surface area (TPSA) is 66.0 Å². The molecule has 0 amide bonds. The zero-order chi connectivity index (χ0) is 19.5. The standard InChI is InChI=1S/C20H40N4O2/c1-7-26-19(25)17-9-11-18(12-10-17)23-20(21-6)22-13-8-14-24(15(2)3)16(4)5/h15-18H,7-14H2,1-6H3,(H2,21,22,23). The van der Waals surface area contributed by atoms with E-state index in [2.05, 4.69) is 48.2 Å². The van der Waals surface area contributed by atoms with Gasteiger partial charge in [0.05, 0.1) is 12.5 Å². The lowest BCUT2D eigenvalue weighted by atomic mass is 9.86. The van der Waals surface area contributed by atoms with Crippen molar-refractivity contribution in [2.24, 2.45) is 10.9 Å². The highest BCUT2D eigenvalue weighted by Crippen LogP contribution is 2.25. The first kappa shape index (κ1) is 22.7. The van der Waals surface area contributed by atoms with Crippen LogP contribution in [0.2, 0.25) is 0 Å². The van der Waals surface area contributed by atoms with Crippen LogP contribution < -0.4 is 10.6 Å². The van der Waals surface area contributed by atoms with Crippen molar-refractivity contribution in [1.29, 1.82) is 0 Å². The summed E-state index contributed by atoms with van der Waals surface area (Å²) in [7, 11) is 1.81. The van der Waals surface area contributed by atoms with Gasteiger partial charge in [0.2, 0.25) is 0 Å². The molecule has 0 unspecified atom stereocenters. The van der Waals surface area contributed by atoms with Gasteiger partial charge < -0.3 is 15.4 Å². The molecule has 0 aliphatic heterocycles. The Morgan fingerprint density at radius 3 is 2.27 bits per heavy atom. The van der Waals surface area contributed by atoms with E-state index < -0.39 is 0 Å². The normalized spacial score (nSPS) is 21.3. The van der Waals surface area contributed by atoms with Crippen molar-refractivity contribution < 1.29 is 9.53 Å². The molecule has 1 fully saturated rings. The van der Waals surface area contributed by atoms with E-state index in [0.29, 0.717) is 24.7 Å². The summed E-state index contributed by atoms with van der Waals surface area (Å²) < 4.78 is 5.14. The van der Waals surface area contributed by atoms with Crippen LogP contribution in [0.5, 0.6) is 0 Å². The van der Waals surface area contributed by atoms with Crippen LogP contribution in [0.3, 0.4) is 0 Å². The Kier molecular flexibility index (Phi) is 10.6. The molecule has 26 heavy (non-hydrogen) atoms. The van der Waals surface area contributed by atoms with Gasteiger partial charge in [0.15, 0.2) is 5.96 Å². The smallest absolute Gasteiger partial charge is 0.308 e. The summed E-state index contributed by atoms with van der Waals surface area (Å²) in [6, 6.07) is 1.53. The Bertz CT molecular complexity index is 422. The lowest BCUT2D eigenvalue weighted by Gasteiger charge is -2.31. The molecule has 0 aromatic rings. The zero-order valence-electron chi connectivity index (χ0n) is 17.7. The Hall–Kier alpha value is -1.30. The van der Waals surface area contributed by atoms with Crippen LogP contribution in [0.1, 0.15) is 66.7 Å². The summed E-state index contributed by atoms with van der Waals surface area (Å²) >= 11 is 0. The molecular formula is C20H40N4O2. The average Bonchev–Trinajstić information content (AvgIpc) is 2.60. The maximum Gasteiger partial charge on any atom is 0.308 e. The minimum Gasteiger partial charge on any atom is -0.466 e. The molecule has 0 bridgehead atoms. The van der Waals surface area contributed by atoms with Crippen LogP contribution in [0.15, 0.2) is 4.99 Å². The molecule has 6 heteroatoms. The molecular weight excluding hydrogens is 328 g/mol. The first-order chi connectivity index (χ1) is 12.4. The van der Waals surface area contributed by atoms with E-state index in [9.17, 15) is 4.79 Å². The Morgan fingerprint density at radius 2 is 1.77 bits per heavy atom. The average molecular weight is 369 g/mol. The minimum atomic E-state index is -0.0340. The Balaban J connectivity index is 2.28. The third-order valence-electron chi connectivity index (χ3n) is 5.12. The van der Waals surface area contributed by atoms with E-state index in [4.69, 9.17) is 4.74 Å². The molecule has 0 aromatic carbocycles. The van der Waals surface area contributed by atoms with Crippen LogP contribution >= 0.6 is 0 Å². The number of esters is 1. The Morgan fingerprint density at radius 1 is 1.15 bits per heavy atom. The summed E-state index contributed by atoms with van der Waals surface area (Å²) in [4.78, 5) is 18.7. The molecule has 6 nitrogen and oxygen atoms in total. The lowest BCUT2D eigenvalue weighted by molar-refractivity contribution is -0.149. The molecule has 0 atom stereocenters. The number of hydrogen-bond acceptors (Lipinski definition) is 4. The molecule has 1 rings (SSSR count). The highest BCUT2D eigenvalue weighted by atomic mass is 16.5. The largest absolute Gasteiger partial charge is 0.466 e. The van der Waals surface area contributed by atoms with Crippen LogP contribution in [0, 0.1) is 5.92 Å². The number of rotatable bonds is 9. The number of carbonyl (C=O) groups excluding carboxylic acids is 1. The van der Waals surface area contributed by atoms with Crippen molar-refractivity contribution in [3.63, 3.8) is 0 Å². The van der Waals surface area contributed by atoms with E-state index in [1.807, 2.05) is 14.0 Å². The SMILES string of the molecule is CCOC(=O)C1CCC(NC(=NC)NCCCN(C(C)C)C(C)C)CC1. The van der Waals surface area contributed by atoms with Crippen LogP contribution in [0.4, 0.5) is 0 Å². The van der Waals surface area contributed by atoms with Crippen LogP contribution in [-0.4, -0.2) is 61.7 Å². The molecule has 0 spiro atoms. The number of ether oxygens (including phenoxy) is 1. The summed E-state index contributed by atoms with van der Waals surface area (Å²) in [5.74, 6) is 0.902. The van der Waals surface area contributed by atoms with Crippen LogP contribution in [-0.2, 0) is 9.53 Å². The maximum atomic E-state index is 11.8. The van der Waals surface area contributed by atoms with E-state index in [1.54, 1.807) is 0 Å². The summed E-state index contributed by atoms with van der Waals surface area (Å²) in [6.07, 6.45) is 4.85. The molecule has 1 aliphatic rings.